The Kier molecular flexibility index (Phi) is 10.8. The molecule has 1 amide bonds. The van der Waals surface area contributed by atoms with Gasteiger partial charge in [-0.25, -0.2) is 0 Å². The number of aliphatic hydroxyl groups is 6. The minimum absolute atomic E-state index is 0.0424. The van der Waals surface area contributed by atoms with Crippen LogP contribution in [0.5, 0.6) is 0 Å². The maximum absolute atomic E-state index is 15.1. The third-order valence-electron chi connectivity index (χ3n) is 19.0. The fourth-order valence-electron chi connectivity index (χ4n) is 15.5. The van der Waals surface area contributed by atoms with Crippen LogP contribution in [0.4, 0.5) is 0 Å². The Bertz CT molecular complexity index is 2080. The van der Waals surface area contributed by atoms with Gasteiger partial charge in [0, 0.05) is 69.0 Å². The van der Waals surface area contributed by atoms with E-state index in [1.165, 1.54) is 6.92 Å². The van der Waals surface area contributed by atoms with E-state index >= 15 is 4.79 Å². The monoisotopic (exact) mass is 872 g/mol. The number of nitrogens with zero attached hydrogens (tertiary/aromatic N) is 1. The SMILES string of the molecule is COCCCO[C@H]1CC[C@@]2(C)[C@@H](C1)C(=O)C1=C3[C@@]24C#CC[C@H]2CN2C(=O)[C@@H]2N[C@@H](O)[C@H]5O[C@@H]([C@H](CO)[C@H]5[C@H]2CCc2ccccc2)C(O)(O)[C@@](C)(O)[C@H]2C[C@@H](CC1)[C@]3(O)[C@]2(C)CC4. The molecule has 1 aromatic carbocycles. The number of aryl methyl sites for hydroxylation is 1. The van der Waals surface area contributed by atoms with Gasteiger partial charge < -0.3 is 49.7 Å². The van der Waals surface area contributed by atoms with Crippen molar-refractivity contribution in [3.8, 4) is 11.8 Å². The molecule has 5 aliphatic carbocycles. The minimum atomic E-state index is -2.98. The summed E-state index contributed by atoms with van der Waals surface area (Å²) in [5, 5.41) is 78.4. The molecule has 3 saturated carbocycles. The first kappa shape index (κ1) is 44.1. The minimum Gasteiger partial charge on any atom is -0.396 e. The first-order valence-electron chi connectivity index (χ1n) is 23.8. The Labute approximate surface area is 370 Å². The molecule has 6 fully saturated rings. The molecule has 10 rings (SSSR count). The van der Waals surface area contributed by atoms with Crippen LogP contribution in [0.25, 0.3) is 0 Å². The second-order valence-electron chi connectivity index (χ2n) is 21.7. The normalized spacial score (nSPS) is 48.0. The maximum Gasteiger partial charge on any atom is 0.240 e. The van der Waals surface area contributed by atoms with Crippen molar-refractivity contribution in [2.45, 2.75) is 151 Å². The number of methoxy groups -OCH3 is 1. The number of ether oxygens (including phenoxy) is 3. The van der Waals surface area contributed by atoms with Crippen molar-refractivity contribution in [2.75, 3.05) is 33.5 Å². The summed E-state index contributed by atoms with van der Waals surface area (Å²) in [6, 6.07) is 8.86. The van der Waals surface area contributed by atoms with Gasteiger partial charge in [0.05, 0.1) is 29.2 Å². The number of hydrogen-bond donors (Lipinski definition) is 7. The molecule has 13 nitrogen and oxygen atoms in total. The van der Waals surface area contributed by atoms with Gasteiger partial charge in [0.25, 0.3) is 0 Å². The molecule has 3 saturated heterocycles. The number of allylic oxidation sites excluding steroid dienone is 1. The zero-order valence-electron chi connectivity index (χ0n) is 37.3. The average Bonchev–Trinajstić information content (AvgIpc) is 3.85. The van der Waals surface area contributed by atoms with E-state index in [1.54, 1.807) is 12.0 Å². The lowest BCUT2D eigenvalue weighted by Gasteiger charge is -2.67. The third kappa shape index (κ3) is 6.11. The number of carbonyl (C=O) groups excluding carboxylic acids is 2. The molecule has 0 spiro atoms. The average molecular weight is 873 g/mol. The summed E-state index contributed by atoms with van der Waals surface area (Å²) < 4.78 is 18.1. The lowest BCUT2D eigenvalue weighted by atomic mass is 9.37. The van der Waals surface area contributed by atoms with Gasteiger partial charge in [-0.2, -0.15) is 0 Å². The zero-order chi connectivity index (χ0) is 44.5. The molecule has 0 radical (unpaired) electrons. The Hall–Kier alpha value is -2.74. The number of hydrogen-bond acceptors (Lipinski definition) is 12. The van der Waals surface area contributed by atoms with E-state index in [1.807, 2.05) is 37.3 Å². The fraction of sp³-hybridized carbons (Fsp3) is 0.760. The number of fused-ring (bicyclic) bond motifs is 4. The molecule has 4 aliphatic heterocycles. The topological polar surface area (TPSA) is 198 Å². The second kappa shape index (κ2) is 15.4. The quantitative estimate of drug-likeness (QED) is 0.0831. The van der Waals surface area contributed by atoms with Crippen LogP contribution in [-0.2, 0) is 30.2 Å². The van der Waals surface area contributed by atoms with Crippen LogP contribution in [0.15, 0.2) is 41.5 Å². The fourth-order valence-corrected chi connectivity index (χ4v) is 15.5. The van der Waals surface area contributed by atoms with Crippen molar-refractivity contribution in [2.24, 2.45) is 51.8 Å². The Morgan fingerprint density at radius 2 is 1.75 bits per heavy atom. The van der Waals surface area contributed by atoms with Gasteiger partial charge in [-0.05, 0) is 112 Å². The van der Waals surface area contributed by atoms with E-state index < -0.39 is 93.9 Å². The van der Waals surface area contributed by atoms with Crippen molar-refractivity contribution in [3.63, 3.8) is 0 Å². The van der Waals surface area contributed by atoms with Crippen LogP contribution in [0.1, 0.15) is 97.0 Å². The number of carbonyl (C=O) groups is 2. The highest BCUT2D eigenvalue weighted by Crippen LogP contribution is 2.77. The van der Waals surface area contributed by atoms with Crippen LogP contribution < -0.4 is 5.32 Å². The van der Waals surface area contributed by atoms with Crippen LogP contribution >= 0.6 is 0 Å². The molecule has 17 atom stereocenters. The van der Waals surface area contributed by atoms with E-state index in [0.29, 0.717) is 88.7 Å². The van der Waals surface area contributed by atoms with Gasteiger partial charge in [-0.1, -0.05) is 50.1 Å². The highest BCUT2D eigenvalue weighted by atomic mass is 16.6. The zero-order valence-corrected chi connectivity index (χ0v) is 37.3. The summed E-state index contributed by atoms with van der Waals surface area (Å²) in [7, 11) is 1.67. The molecule has 0 aromatic heterocycles. The molecular weight excluding hydrogens is 805 g/mol. The molecule has 4 heterocycles. The first-order chi connectivity index (χ1) is 30.0. The van der Waals surface area contributed by atoms with Gasteiger partial charge in [-0.15, -0.1) is 5.92 Å². The molecular formula is C50H68N2O11. The number of aliphatic hydroxyl groups excluding tert-OH is 2. The number of amides is 1. The molecule has 7 bridgehead atoms. The molecule has 0 unspecified atom stereocenters. The van der Waals surface area contributed by atoms with E-state index in [0.717, 1.165) is 18.4 Å². The summed E-state index contributed by atoms with van der Waals surface area (Å²) in [5.74, 6) is 0.470. The number of nitrogens with one attached hydrogen (secondary N) is 1. The van der Waals surface area contributed by atoms with Gasteiger partial charge in [0.2, 0.25) is 11.7 Å². The molecule has 9 aliphatic rings. The van der Waals surface area contributed by atoms with Gasteiger partial charge in [0.15, 0.2) is 5.78 Å². The summed E-state index contributed by atoms with van der Waals surface area (Å²) in [5.41, 5.74) is -4.21. The Morgan fingerprint density at radius 1 is 0.968 bits per heavy atom. The molecule has 7 N–H and O–H groups in total. The number of ketones is 1. The van der Waals surface area contributed by atoms with E-state index in [-0.39, 0.29) is 36.2 Å². The molecule has 63 heavy (non-hydrogen) atoms. The van der Waals surface area contributed by atoms with E-state index in [9.17, 15) is 35.4 Å². The largest absolute Gasteiger partial charge is 0.396 e. The number of benzene rings is 1. The second-order valence-corrected chi connectivity index (χ2v) is 21.7. The van der Waals surface area contributed by atoms with E-state index in [4.69, 9.17) is 14.2 Å². The van der Waals surface area contributed by atoms with Crippen LogP contribution in [0, 0.1) is 63.6 Å². The highest BCUT2D eigenvalue weighted by Gasteiger charge is 2.79. The lowest BCUT2D eigenvalue weighted by molar-refractivity contribution is -0.345. The summed E-state index contributed by atoms with van der Waals surface area (Å²) in [6.45, 7) is 6.61. The van der Waals surface area contributed by atoms with Crippen molar-refractivity contribution >= 4 is 11.7 Å². The van der Waals surface area contributed by atoms with Crippen molar-refractivity contribution in [3.05, 3.63) is 47.0 Å². The smallest absolute Gasteiger partial charge is 0.240 e. The maximum atomic E-state index is 15.1. The molecule has 1 aromatic rings. The number of piperidine rings is 1. The number of Topliss-reactive ketones (excluding diaryl/α,β-unsaturated/α-hetero) is 1. The summed E-state index contributed by atoms with van der Waals surface area (Å²) in [6.07, 6.45) is 2.25. The van der Waals surface area contributed by atoms with Crippen LogP contribution in [0.3, 0.4) is 0 Å². The van der Waals surface area contributed by atoms with Crippen molar-refractivity contribution < 1.29 is 54.4 Å². The number of rotatable bonds is 9. The lowest BCUT2D eigenvalue weighted by Crippen LogP contribution is -2.71. The Balaban J connectivity index is 1.10. The predicted molar refractivity (Wildman–Crippen MR) is 229 cm³/mol. The Morgan fingerprint density at radius 3 is 2.49 bits per heavy atom. The molecule has 344 valence electrons. The molecule has 13 heteroatoms. The summed E-state index contributed by atoms with van der Waals surface area (Å²) >= 11 is 0. The van der Waals surface area contributed by atoms with Crippen LogP contribution in [-0.4, -0.2) is 134 Å². The van der Waals surface area contributed by atoms with Crippen molar-refractivity contribution in [1.29, 1.82) is 0 Å². The van der Waals surface area contributed by atoms with Crippen LogP contribution in [0.2, 0.25) is 0 Å². The van der Waals surface area contributed by atoms with Crippen molar-refractivity contribution in [1.82, 2.24) is 10.2 Å². The van der Waals surface area contributed by atoms with Gasteiger partial charge in [-0.3, -0.25) is 14.9 Å². The van der Waals surface area contributed by atoms with Gasteiger partial charge in [0.1, 0.15) is 24.0 Å². The summed E-state index contributed by atoms with van der Waals surface area (Å²) in [4.78, 5) is 31.6. The predicted octanol–water partition coefficient (Wildman–Crippen LogP) is 2.62. The van der Waals surface area contributed by atoms with E-state index in [2.05, 4.69) is 24.1 Å². The standard InChI is InChI=1S/C50H68N2O11/c1-45-19-17-31(62-23-9-22-61-4)25-35(45)39(54)33-16-14-29-24-36-46(2)20-21-48(45,41(33)49(29,46)58)18-8-12-30-26-52(30)44(56)38-32(15-13-28-10-6-5-7-11-28)37-34(27-53)42(50(59,60)47(36,3)57)63-40(37)43(55)51-38/h5-7,10-11,29-32,34-38,40,42-43,51,53,55,57-60H,9,12-17,19-27H2,1-4H3/t29-,30+,31+,32-,34-,35+,36+,37-,38-,40+,42+,43+,45+,46-,47+,48+,49-,52?/m1/s1. The van der Waals surface area contributed by atoms with Gasteiger partial charge >= 0.3 is 0 Å². The highest BCUT2D eigenvalue weighted by molar-refractivity contribution is 6.01. The first-order valence-corrected chi connectivity index (χ1v) is 23.8. The third-order valence-corrected chi connectivity index (χ3v) is 19.0.